The predicted molar refractivity (Wildman–Crippen MR) is 159 cm³/mol. The maximum absolute atomic E-state index is 11.4. The highest BCUT2D eigenvalue weighted by Gasteiger charge is 2.44. The third-order valence-corrected chi connectivity index (χ3v) is 5.10. The molecular weight excluding hydrogens is 450 g/mol. The first-order chi connectivity index (χ1) is 16.8. The Hall–Kier alpha value is -1.27. The molecule has 0 fully saturated rings. The molecule has 1 rings (SSSR count). The minimum atomic E-state index is -0.736. The number of ketones is 1. The standard InChI is InChI=1S/C18H30O.C4H9NO.C4H10O2.C3H8.C2H6/c1-7-12-18(19,17(5,6)13-14(2)3)16-10-8-15(4)9-11-16;1-4(6)3-5-2;1-5-3-4-6-2;1-3-2;1-2/h8-11,14,19H,7,12-13H2,1-6H3;5H,3H2,1-2H3;3-4H2,1-2H3;3H2,1-2H3;1-2H3. The van der Waals surface area contributed by atoms with Crippen LogP contribution in [0.4, 0.5) is 0 Å². The maximum atomic E-state index is 11.4. The van der Waals surface area contributed by atoms with Crippen LogP contribution < -0.4 is 5.32 Å². The quantitative estimate of drug-likeness (QED) is 0.299. The van der Waals surface area contributed by atoms with E-state index in [-0.39, 0.29) is 11.2 Å². The molecule has 0 aliphatic heterocycles. The van der Waals surface area contributed by atoms with E-state index in [1.165, 1.54) is 12.0 Å². The zero-order valence-electron chi connectivity index (χ0n) is 26.5. The molecular formula is C31H63NO4. The van der Waals surface area contributed by atoms with Crippen LogP contribution in [0.5, 0.6) is 0 Å². The lowest BCUT2D eigenvalue weighted by Crippen LogP contribution is -2.42. The maximum Gasteiger partial charge on any atom is 0.143 e. The highest BCUT2D eigenvalue weighted by molar-refractivity contribution is 5.77. The second-order valence-corrected chi connectivity index (χ2v) is 9.88. The fourth-order valence-electron chi connectivity index (χ4n) is 3.67. The van der Waals surface area contributed by atoms with Gasteiger partial charge in [0.25, 0.3) is 0 Å². The van der Waals surface area contributed by atoms with E-state index in [0.717, 1.165) is 24.8 Å². The minimum Gasteiger partial charge on any atom is -0.385 e. The van der Waals surface area contributed by atoms with Gasteiger partial charge >= 0.3 is 0 Å². The first kappa shape index (κ1) is 41.8. The molecule has 216 valence electrons. The molecule has 0 aromatic heterocycles. The van der Waals surface area contributed by atoms with Crippen molar-refractivity contribution in [1.82, 2.24) is 5.32 Å². The van der Waals surface area contributed by atoms with E-state index >= 15 is 0 Å². The molecule has 1 atom stereocenters. The molecule has 0 bridgehead atoms. The number of hydrogen-bond donors (Lipinski definition) is 2. The van der Waals surface area contributed by atoms with Gasteiger partial charge in [0.15, 0.2) is 0 Å². The Labute approximate surface area is 225 Å². The molecule has 0 saturated heterocycles. The van der Waals surface area contributed by atoms with Gasteiger partial charge in [-0.15, -0.1) is 0 Å². The first-order valence-electron chi connectivity index (χ1n) is 13.7. The molecule has 0 aliphatic carbocycles. The second kappa shape index (κ2) is 26.8. The fourth-order valence-corrected chi connectivity index (χ4v) is 3.67. The summed E-state index contributed by atoms with van der Waals surface area (Å²) in [5.41, 5.74) is 1.45. The van der Waals surface area contributed by atoms with Crippen molar-refractivity contribution in [3.05, 3.63) is 35.4 Å². The van der Waals surface area contributed by atoms with Gasteiger partial charge in [-0.2, -0.15) is 0 Å². The van der Waals surface area contributed by atoms with Crippen LogP contribution in [0.1, 0.15) is 106 Å². The van der Waals surface area contributed by atoms with Crippen molar-refractivity contribution in [2.45, 2.75) is 107 Å². The number of Topliss-reactive ketones (excluding diaryl/α,β-unsaturated/α-hetero) is 1. The summed E-state index contributed by atoms with van der Waals surface area (Å²) in [5.74, 6) is 0.765. The average molecular weight is 514 g/mol. The van der Waals surface area contributed by atoms with Gasteiger partial charge in [0.2, 0.25) is 0 Å². The molecule has 0 heterocycles. The highest BCUT2D eigenvalue weighted by Crippen LogP contribution is 2.46. The first-order valence-corrected chi connectivity index (χ1v) is 13.7. The molecule has 0 radical (unpaired) electrons. The average Bonchev–Trinajstić information content (AvgIpc) is 2.80. The number of benzene rings is 1. The van der Waals surface area contributed by atoms with Crippen molar-refractivity contribution in [3.8, 4) is 0 Å². The smallest absolute Gasteiger partial charge is 0.143 e. The number of aliphatic hydroxyl groups is 1. The highest BCUT2D eigenvalue weighted by atomic mass is 16.5. The Morgan fingerprint density at radius 1 is 1.00 bits per heavy atom. The van der Waals surface area contributed by atoms with Gasteiger partial charge in [-0.3, -0.25) is 4.79 Å². The number of ether oxygens (including phenoxy) is 2. The minimum absolute atomic E-state index is 0.119. The van der Waals surface area contributed by atoms with Crippen LogP contribution in [-0.4, -0.2) is 51.9 Å². The van der Waals surface area contributed by atoms with Crippen molar-refractivity contribution in [3.63, 3.8) is 0 Å². The molecule has 0 spiro atoms. The van der Waals surface area contributed by atoms with E-state index in [0.29, 0.717) is 25.7 Å². The summed E-state index contributed by atoms with van der Waals surface area (Å²) < 4.78 is 9.31. The Bertz CT molecular complexity index is 581. The van der Waals surface area contributed by atoms with Crippen LogP contribution >= 0.6 is 0 Å². The van der Waals surface area contributed by atoms with Gasteiger partial charge in [-0.05, 0) is 50.6 Å². The number of methoxy groups -OCH3 is 2. The van der Waals surface area contributed by atoms with Gasteiger partial charge in [-0.25, -0.2) is 0 Å². The lowest BCUT2D eigenvalue weighted by molar-refractivity contribution is -0.116. The Morgan fingerprint density at radius 3 is 1.67 bits per heavy atom. The third kappa shape index (κ3) is 22.0. The van der Waals surface area contributed by atoms with Gasteiger partial charge in [0.1, 0.15) is 5.78 Å². The third-order valence-electron chi connectivity index (χ3n) is 5.10. The predicted octanol–water partition coefficient (Wildman–Crippen LogP) is 7.57. The molecule has 5 nitrogen and oxygen atoms in total. The molecule has 1 aromatic carbocycles. The summed E-state index contributed by atoms with van der Waals surface area (Å²) in [6.07, 6.45) is 4.08. The number of likely N-dealkylation sites (N-methyl/N-ethyl adjacent to an activating group) is 1. The van der Waals surface area contributed by atoms with Crippen LogP contribution in [0.2, 0.25) is 0 Å². The molecule has 1 aromatic rings. The van der Waals surface area contributed by atoms with Crippen molar-refractivity contribution < 1.29 is 19.4 Å². The molecule has 2 N–H and O–H groups in total. The number of nitrogens with one attached hydrogen (secondary N) is 1. The molecule has 36 heavy (non-hydrogen) atoms. The second-order valence-electron chi connectivity index (χ2n) is 9.88. The van der Waals surface area contributed by atoms with E-state index in [1.54, 1.807) is 28.2 Å². The molecule has 0 amide bonds. The SMILES string of the molecule is CC.CCC.CCCC(O)(c1ccc(C)cc1)C(C)(C)CC(C)C.CNCC(C)=O.COCCOC. The van der Waals surface area contributed by atoms with E-state index in [4.69, 9.17) is 0 Å². The number of carbonyl (C=O) groups excluding carboxylic acids is 1. The summed E-state index contributed by atoms with van der Waals surface area (Å²) >= 11 is 0. The van der Waals surface area contributed by atoms with Crippen molar-refractivity contribution >= 4 is 5.78 Å². The summed E-state index contributed by atoms with van der Waals surface area (Å²) in [4.78, 5) is 9.98. The Balaban J connectivity index is -0.000000247. The van der Waals surface area contributed by atoms with Crippen LogP contribution in [-0.2, 0) is 19.9 Å². The van der Waals surface area contributed by atoms with Gasteiger partial charge in [-0.1, -0.05) is 105 Å². The number of carbonyl (C=O) groups is 1. The van der Waals surface area contributed by atoms with Crippen LogP contribution in [0.15, 0.2) is 24.3 Å². The van der Waals surface area contributed by atoms with Crippen LogP contribution in [0, 0.1) is 18.3 Å². The van der Waals surface area contributed by atoms with Gasteiger partial charge in [0, 0.05) is 14.2 Å². The summed E-state index contributed by atoms with van der Waals surface area (Å²) in [6.45, 7) is 24.7. The zero-order chi connectivity index (χ0) is 29.2. The lowest BCUT2D eigenvalue weighted by Gasteiger charge is -2.44. The molecule has 5 heteroatoms. The number of aryl methyl sites for hydroxylation is 1. The monoisotopic (exact) mass is 513 g/mol. The summed E-state index contributed by atoms with van der Waals surface area (Å²) in [7, 11) is 5.06. The number of hydrogen-bond acceptors (Lipinski definition) is 5. The van der Waals surface area contributed by atoms with Gasteiger partial charge < -0.3 is 19.9 Å². The van der Waals surface area contributed by atoms with E-state index in [1.807, 2.05) is 13.8 Å². The number of rotatable bonds is 11. The van der Waals surface area contributed by atoms with E-state index in [2.05, 4.69) is 94.4 Å². The van der Waals surface area contributed by atoms with Gasteiger partial charge in [0.05, 0.1) is 25.4 Å². The molecule has 0 aliphatic rings. The molecule has 1 unspecified atom stereocenters. The Kier molecular flexibility index (Phi) is 31.1. The zero-order valence-corrected chi connectivity index (χ0v) is 26.5. The topological polar surface area (TPSA) is 67.8 Å². The van der Waals surface area contributed by atoms with Crippen LogP contribution in [0.25, 0.3) is 0 Å². The van der Waals surface area contributed by atoms with E-state index < -0.39 is 5.60 Å². The van der Waals surface area contributed by atoms with Crippen molar-refractivity contribution in [2.75, 3.05) is 41.0 Å². The summed E-state index contributed by atoms with van der Waals surface area (Å²) in [5, 5.41) is 14.1. The fraction of sp³-hybridized carbons (Fsp3) is 0.774. The van der Waals surface area contributed by atoms with E-state index in [9.17, 15) is 9.90 Å². The van der Waals surface area contributed by atoms with Crippen molar-refractivity contribution in [2.24, 2.45) is 11.3 Å². The van der Waals surface area contributed by atoms with Crippen LogP contribution in [0.3, 0.4) is 0 Å². The van der Waals surface area contributed by atoms with Crippen molar-refractivity contribution in [1.29, 1.82) is 0 Å². The largest absolute Gasteiger partial charge is 0.385 e. The molecule has 0 saturated carbocycles. The normalized spacial score (nSPS) is 11.8. The summed E-state index contributed by atoms with van der Waals surface area (Å²) in [6, 6.07) is 8.38. The Morgan fingerprint density at radius 2 is 1.42 bits per heavy atom. The lowest BCUT2D eigenvalue weighted by atomic mass is 9.65.